The Morgan fingerprint density at radius 3 is 2.71 bits per heavy atom. The molecule has 0 saturated carbocycles. The summed E-state index contributed by atoms with van der Waals surface area (Å²) < 4.78 is 4.86. The highest BCUT2D eigenvalue weighted by molar-refractivity contribution is 7.11. The van der Waals surface area contributed by atoms with Crippen LogP contribution in [0.15, 0.2) is 17.1 Å². The first-order valence-corrected chi connectivity index (χ1v) is 7.25. The molecule has 21 heavy (non-hydrogen) atoms. The van der Waals surface area contributed by atoms with Gasteiger partial charge in [0.1, 0.15) is 5.69 Å². The number of hydrogen-bond donors (Lipinski definition) is 2. The molecule has 0 fully saturated rings. The van der Waals surface area contributed by atoms with Crippen molar-refractivity contribution in [2.75, 3.05) is 7.11 Å². The highest BCUT2D eigenvalue weighted by Gasteiger charge is 2.17. The van der Waals surface area contributed by atoms with E-state index in [1.165, 1.54) is 19.4 Å². The molecular weight excluding hydrogens is 290 g/mol. The predicted octanol–water partition coefficient (Wildman–Crippen LogP) is 1.95. The Balaban J connectivity index is 2.16. The van der Waals surface area contributed by atoms with Gasteiger partial charge in [-0.3, -0.25) is 9.59 Å². The minimum absolute atomic E-state index is 0.172. The number of amides is 1. The summed E-state index contributed by atoms with van der Waals surface area (Å²) in [5, 5.41) is 3.79. The molecule has 7 heteroatoms. The molecule has 2 aromatic heterocycles. The number of hydrogen-bond acceptors (Lipinski definition) is 5. The van der Waals surface area contributed by atoms with Crippen LogP contribution < -0.4 is 15.5 Å². The first-order valence-electron chi connectivity index (χ1n) is 6.44. The van der Waals surface area contributed by atoms with E-state index in [0.29, 0.717) is 0 Å². The van der Waals surface area contributed by atoms with Crippen LogP contribution in [0.1, 0.15) is 39.0 Å². The molecule has 0 aliphatic rings. The van der Waals surface area contributed by atoms with Crippen LogP contribution in [0.4, 0.5) is 0 Å². The summed E-state index contributed by atoms with van der Waals surface area (Å²) in [6.07, 6.45) is 1.38. The quantitative estimate of drug-likeness (QED) is 0.904. The third-order valence-corrected chi connectivity index (χ3v) is 3.94. The number of aromatic amines is 1. The standard InChI is InChI=1S/C14H17N3O3S/c1-7(13-8(2)21-9(3)17-13)16-14(19)10-5-11(18)12(20-4)6-15-10/h5-7H,1-4H3,(H,15,18)(H,16,19). The largest absolute Gasteiger partial charge is 0.491 e. The fraction of sp³-hybridized carbons (Fsp3) is 0.357. The normalized spacial score (nSPS) is 12.0. The topological polar surface area (TPSA) is 84.1 Å². The van der Waals surface area contributed by atoms with Gasteiger partial charge in [-0.15, -0.1) is 11.3 Å². The van der Waals surface area contributed by atoms with E-state index in [-0.39, 0.29) is 28.8 Å². The Morgan fingerprint density at radius 2 is 2.19 bits per heavy atom. The van der Waals surface area contributed by atoms with Gasteiger partial charge in [0.2, 0.25) is 5.43 Å². The zero-order valence-corrected chi connectivity index (χ0v) is 13.1. The Kier molecular flexibility index (Phi) is 4.42. The van der Waals surface area contributed by atoms with E-state index in [1.807, 2.05) is 20.8 Å². The molecule has 2 rings (SSSR count). The molecule has 2 heterocycles. The predicted molar refractivity (Wildman–Crippen MR) is 81.1 cm³/mol. The van der Waals surface area contributed by atoms with Gasteiger partial charge in [-0.05, 0) is 20.8 Å². The smallest absolute Gasteiger partial charge is 0.268 e. The molecule has 0 aliphatic carbocycles. The van der Waals surface area contributed by atoms with Crippen LogP contribution >= 0.6 is 11.3 Å². The summed E-state index contributed by atoms with van der Waals surface area (Å²) in [5.41, 5.74) is 0.702. The molecule has 1 atom stereocenters. The lowest BCUT2D eigenvalue weighted by molar-refractivity contribution is 0.0934. The fourth-order valence-electron chi connectivity index (χ4n) is 2.04. The van der Waals surface area contributed by atoms with Gasteiger partial charge in [0.05, 0.1) is 23.9 Å². The molecule has 1 amide bonds. The van der Waals surface area contributed by atoms with Crippen LogP contribution in [0, 0.1) is 13.8 Å². The Bertz CT molecular complexity index is 720. The maximum absolute atomic E-state index is 12.2. The maximum atomic E-state index is 12.2. The second-order valence-electron chi connectivity index (χ2n) is 4.65. The summed E-state index contributed by atoms with van der Waals surface area (Å²) in [5.74, 6) is -0.183. The molecule has 112 valence electrons. The third kappa shape index (κ3) is 3.30. The first-order chi connectivity index (χ1) is 9.92. The maximum Gasteiger partial charge on any atom is 0.268 e. The number of nitrogens with one attached hydrogen (secondary N) is 2. The van der Waals surface area contributed by atoms with Crippen LogP contribution in [0.3, 0.4) is 0 Å². The summed E-state index contributed by atoms with van der Waals surface area (Å²) in [6.45, 7) is 5.76. The second kappa shape index (κ2) is 6.09. The van der Waals surface area contributed by atoms with Crippen LogP contribution in [0.5, 0.6) is 5.75 Å². The molecule has 2 N–H and O–H groups in total. The highest BCUT2D eigenvalue weighted by atomic mass is 32.1. The third-order valence-electron chi connectivity index (χ3n) is 3.04. The molecule has 0 aliphatic heterocycles. The molecular formula is C14H17N3O3S. The Labute approximate surface area is 126 Å². The number of ether oxygens (including phenoxy) is 1. The van der Waals surface area contributed by atoms with E-state index in [2.05, 4.69) is 15.3 Å². The van der Waals surface area contributed by atoms with E-state index < -0.39 is 0 Å². The van der Waals surface area contributed by atoms with Gasteiger partial charge in [-0.1, -0.05) is 0 Å². The van der Waals surface area contributed by atoms with Gasteiger partial charge >= 0.3 is 0 Å². The lowest BCUT2D eigenvalue weighted by Gasteiger charge is -2.12. The van der Waals surface area contributed by atoms with Crippen molar-refractivity contribution in [1.29, 1.82) is 0 Å². The number of aryl methyl sites for hydroxylation is 2. The molecule has 6 nitrogen and oxygen atoms in total. The zero-order chi connectivity index (χ0) is 15.6. The van der Waals surface area contributed by atoms with E-state index >= 15 is 0 Å². The van der Waals surface area contributed by atoms with E-state index in [9.17, 15) is 9.59 Å². The number of nitrogens with zero attached hydrogens (tertiary/aromatic N) is 1. The lowest BCUT2D eigenvalue weighted by Crippen LogP contribution is -2.29. The fourth-order valence-corrected chi connectivity index (χ4v) is 2.95. The van der Waals surface area contributed by atoms with Gasteiger partial charge in [-0.2, -0.15) is 0 Å². The highest BCUT2D eigenvalue weighted by Crippen LogP contribution is 2.22. The van der Waals surface area contributed by atoms with Crippen LogP contribution in [-0.4, -0.2) is 23.0 Å². The SMILES string of the molecule is COc1c[nH]c(C(=O)NC(C)c2nc(C)sc2C)cc1=O. The van der Waals surface area contributed by atoms with Crippen LogP contribution in [-0.2, 0) is 0 Å². The van der Waals surface area contributed by atoms with Crippen molar-refractivity contribution in [2.45, 2.75) is 26.8 Å². The van der Waals surface area contributed by atoms with Crippen LogP contribution in [0.25, 0.3) is 0 Å². The molecule has 0 saturated heterocycles. The number of methoxy groups -OCH3 is 1. The number of aromatic nitrogens is 2. The summed E-state index contributed by atoms with van der Waals surface area (Å²) in [7, 11) is 1.40. The lowest BCUT2D eigenvalue weighted by atomic mass is 10.2. The van der Waals surface area contributed by atoms with Crippen molar-refractivity contribution in [3.63, 3.8) is 0 Å². The number of H-pyrrole nitrogens is 1. The Morgan fingerprint density at radius 1 is 1.48 bits per heavy atom. The summed E-state index contributed by atoms with van der Waals surface area (Å²) in [4.78, 5) is 32.0. The monoisotopic (exact) mass is 307 g/mol. The zero-order valence-electron chi connectivity index (χ0n) is 12.3. The molecule has 0 bridgehead atoms. The van der Waals surface area contributed by atoms with E-state index in [4.69, 9.17) is 4.74 Å². The number of thiazole rings is 1. The van der Waals surface area contributed by atoms with Gasteiger partial charge in [0.25, 0.3) is 5.91 Å². The molecule has 0 radical (unpaired) electrons. The second-order valence-corrected chi connectivity index (χ2v) is 6.06. The van der Waals surface area contributed by atoms with Crippen molar-refractivity contribution >= 4 is 17.2 Å². The van der Waals surface area contributed by atoms with Gasteiger partial charge in [-0.25, -0.2) is 4.98 Å². The minimum atomic E-state index is -0.354. The van der Waals surface area contributed by atoms with E-state index in [1.54, 1.807) is 11.3 Å². The molecule has 1 unspecified atom stereocenters. The number of carbonyl (C=O) groups excluding carboxylic acids is 1. The first kappa shape index (κ1) is 15.2. The average Bonchev–Trinajstić information content (AvgIpc) is 2.77. The van der Waals surface area contributed by atoms with Gasteiger partial charge < -0.3 is 15.0 Å². The summed E-state index contributed by atoms with van der Waals surface area (Å²) >= 11 is 1.59. The van der Waals surface area contributed by atoms with Crippen molar-refractivity contribution in [3.8, 4) is 5.75 Å². The average molecular weight is 307 g/mol. The van der Waals surface area contributed by atoms with Crippen molar-refractivity contribution in [2.24, 2.45) is 0 Å². The minimum Gasteiger partial charge on any atom is -0.491 e. The van der Waals surface area contributed by atoms with Crippen molar-refractivity contribution in [3.05, 3.63) is 43.8 Å². The Hall–Kier alpha value is -2.15. The molecule has 0 aromatic carbocycles. The summed E-state index contributed by atoms with van der Waals surface area (Å²) in [6, 6.07) is 0.994. The van der Waals surface area contributed by atoms with Gasteiger partial charge in [0.15, 0.2) is 5.75 Å². The molecule has 2 aromatic rings. The van der Waals surface area contributed by atoms with Crippen molar-refractivity contribution < 1.29 is 9.53 Å². The number of carbonyl (C=O) groups is 1. The van der Waals surface area contributed by atoms with Crippen molar-refractivity contribution in [1.82, 2.24) is 15.3 Å². The van der Waals surface area contributed by atoms with E-state index in [0.717, 1.165) is 15.6 Å². The number of pyridine rings is 1. The molecule has 0 spiro atoms. The number of rotatable bonds is 4. The van der Waals surface area contributed by atoms with Gasteiger partial charge in [0, 0.05) is 17.1 Å². The van der Waals surface area contributed by atoms with Crippen LogP contribution in [0.2, 0.25) is 0 Å².